The third-order valence-corrected chi connectivity index (χ3v) is 5.18. The highest BCUT2D eigenvalue weighted by Gasteiger charge is 2.37. The standard InChI is InChI=1S/C15H15NO4S/c1-12-7-9-14(10-8-12)21(19,20)15(16(17)18)11-13-5-3-2-4-6-13/h2-10,15H,11H2,1H3. The van der Waals surface area contributed by atoms with Crippen LogP contribution in [0.25, 0.3) is 0 Å². The summed E-state index contributed by atoms with van der Waals surface area (Å²) in [7, 11) is -4.01. The molecule has 5 nitrogen and oxygen atoms in total. The first-order chi connectivity index (χ1) is 9.91. The van der Waals surface area contributed by atoms with Gasteiger partial charge in [-0.1, -0.05) is 48.0 Å². The van der Waals surface area contributed by atoms with Crippen LogP contribution < -0.4 is 0 Å². The van der Waals surface area contributed by atoms with Crippen molar-refractivity contribution in [2.75, 3.05) is 0 Å². The fourth-order valence-corrected chi connectivity index (χ4v) is 3.47. The maximum Gasteiger partial charge on any atom is 0.318 e. The number of hydrogen-bond donors (Lipinski definition) is 0. The van der Waals surface area contributed by atoms with Crippen LogP contribution >= 0.6 is 0 Å². The van der Waals surface area contributed by atoms with Crippen molar-refractivity contribution in [3.8, 4) is 0 Å². The van der Waals surface area contributed by atoms with Crippen LogP contribution in [0.2, 0.25) is 0 Å². The van der Waals surface area contributed by atoms with Gasteiger partial charge in [0, 0.05) is 4.92 Å². The first-order valence-corrected chi connectivity index (χ1v) is 7.94. The van der Waals surface area contributed by atoms with Gasteiger partial charge in [-0.2, -0.15) is 0 Å². The Hall–Kier alpha value is -2.21. The van der Waals surface area contributed by atoms with Crippen LogP contribution in [-0.2, 0) is 16.3 Å². The Balaban J connectivity index is 2.37. The second-order valence-electron chi connectivity index (χ2n) is 4.79. The van der Waals surface area contributed by atoms with Crippen molar-refractivity contribution in [1.29, 1.82) is 0 Å². The van der Waals surface area contributed by atoms with Gasteiger partial charge >= 0.3 is 5.37 Å². The molecule has 0 N–H and O–H groups in total. The van der Waals surface area contributed by atoms with E-state index in [0.29, 0.717) is 5.56 Å². The minimum atomic E-state index is -4.01. The van der Waals surface area contributed by atoms with Crippen molar-refractivity contribution in [3.63, 3.8) is 0 Å². The number of benzene rings is 2. The summed E-state index contributed by atoms with van der Waals surface area (Å²) in [5, 5.41) is 9.54. The molecule has 6 heteroatoms. The van der Waals surface area contributed by atoms with Crippen molar-refractivity contribution in [1.82, 2.24) is 0 Å². The number of nitrogens with zero attached hydrogens (tertiary/aromatic N) is 1. The van der Waals surface area contributed by atoms with E-state index in [2.05, 4.69) is 0 Å². The number of hydrogen-bond acceptors (Lipinski definition) is 4. The van der Waals surface area contributed by atoms with Gasteiger partial charge in [0.2, 0.25) is 9.84 Å². The van der Waals surface area contributed by atoms with Crippen molar-refractivity contribution in [2.24, 2.45) is 0 Å². The molecule has 0 aliphatic carbocycles. The van der Waals surface area contributed by atoms with Gasteiger partial charge < -0.3 is 0 Å². The second kappa shape index (κ2) is 6.05. The van der Waals surface area contributed by atoms with Crippen LogP contribution in [-0.4, -0.2) is 18.7 Å². The molecule has 0 saturated heterocycles. The first-order valence-electron chi connectivity index (χ1n) is 6.39. The van der Waals surface area contributed by atoms with Crippen LogP contribution in [0.15, 0.2) is 59.5 Å². The molecule has 1 unspecified atom stereocenters. The fraction of sp³-hybridized carbons (Fsp3) is 0.200. The number of rotatable bonds is 5. The average Bonchev–Trinajstić information content (AvgIpc) is 2.46. The maximum atomic E-state index is 12.4. The van der Waals surface area contributed by atoms with E-state index in [1.807, 2.05) is 6.92 Å². The molecule has 0 saturated carbocycles. The molecule has 21 heavy (non-hydrogen) atoms. The van der Waals surface area contributed by atoms with E-state index in [9.17, 15) is 18.5 Å². The predicted molar refractivity (Wildman–Crippen MR) is 79.3 cm³/mol. The predicted octanol–water partition coefficient (Wildman–Crippen LogP) is 2.61. The molecule has 110 valence electrons. The quantitative estimate of drug-likeness (QED) is 0.628. The second-order valence-corrected chi connectivity index (χ2v) is 6.89. The largest absolute Gasteiger partial charge is 0.318 e. The van der Waals surface area contributed by atoms with Crippen LogP contribution in [0, 0.1) is 17.0 Å². The van der Waals surface area contributed by atoms with E-state index in [1.54, 1.807) is 42.5 Å². The van der Waals surface area contributed by atoms with Gasteiger partial charge in [-0.25, -0.2) is 8.42 Å². The smallest absolute Gasteiger partial charge is 0.263 e. The lowest BCUT2D eigenvalue weighted by Crippen LogP contribution is -2.32. The Bertz CT molecular complexity index is 724. The highest BCUT2D eigenvalue weighted by atomic mass is 32.2. The third-order valence-electron chi connectivity index (χ3n) is 3.20. The zero-order chi connectivity index (χ0) is 15.5. The van der Waals surface area contributed by atoms with Crippen molar-refractivity contribution in [3.05, 3.63) is 75.8 Å². The summed E-state index contributed by atoms with van der Waals surface area (Å²) in [6, 6.07) is 14.7. The maximum absolute atomic E-state index is 12.4. The van der Waals surface area contributed by atoms with Gasteiger partial charge in [-0.3, -0.25) is 10.1 Å². The SMILES string of the molecule is Cc1ccc(S(=O)(=O)C(Cc2ccccc2)[N+](=O)[O-])cc1. The lowest BCUT2D eigenvalue weighted by atomic mass is 10.1. The first kappa shape index (κ1) is 15.2. The van der Waals surface area contributed by atoms with E-state index in [-0.39, 0.29) is 11.3 Å². The summed E-state index contributed by atoms with van der Waals surface area (Å²) in [6.45, 7) is 1.82. The van der Waals surface area contributed by atoms with E-state index >= 15 is 0 Å². The molecular weight excluding hydrogens is 290 g/mol. The Morgan fingerprint density at radius 2 is 1.62 bits per heavy atom. The molecule has 0 aliphatic rings. The number of sulfone groups is 1. The molecule has 0 aliphatic heterocycles. The molecule has 0 bridgehead atoms. The number of aryl methyl sites for hydroxylation is 1. The summed E-state index contributed by atoms with van der Waals surface area (Å²) >= 11 is 0. The summed E-state index contributed by atoms with van der Waals surface area (Å²) in [4.78, 5) is 10.5. The van der Waals surface area contributed by atoms with Crippen molar-refractivity contribution < 1.29 is 13.3 Å². The van der Waals surface area contributed by atoms with Gasteiger partial charge in [0.1, 0.15) is 0 Å². The Kier molecular flexibility index (Phi) is 4.37. The van der Waals surface area contributed by atoms with Crippen LogP contribution in [0.5, 0.6) is 0 Å². The zero-order valence-corrected chi connectivity index (χ0v) is 12.3. The molecule has 0 heterocycles. The van der Waals surface area contributed by atoms with Crippen LogP contribution in [0.4, 0.5) is 0 Å². The highest BCUT2D eigenvalue weighted by molar-refractivity contribution is 7.91. The minimum absolute atomic E-state index is 0.0225. The summed E-state index contributed by atoms with van der Waals surface area (Å²) in [5.74, 6) is 0. The summed E-state index contributed by atoms with van der Waals surface area (Å²) < 4.78 is 24.9. The molecule has 0 amide bonds. The molecule has 0 aromatic heterocycles. The molecule has 2 aromatic carbocycles. The lowest BCUT2D eigenvalue weighted by molar-refractivity contribution is -0.496. The zero-order valence-electron chi connectivity index (χ0n) is 11.5. The molecule has 1 atom stereocenters. The van der Waals surface area contributed by atoms with E-state index in [1.165, 1.54) is 12.1 Å². The Morgan fingerprint density at radius 1 is 1.05 bits per heavy atom. The van der Waals surface area contributed by atoms with Crippen molar-refractivity contribution >= 4 is 9.84 Å². The third kappa shape index (κ3) is 3.46. The Morgan fingerprint density at radius 3 is 2.14 bits per heavy atom. The normalized spacial score (nSPS) is 12.8. The van der Waals surface area contributed by atoms with Crippen LogP contribution in [0.3, 0.4) is 0 Å². The molecule has 0 spiro atoms. The lowest BCUT2D eigenvalue weighted by Gasteiger charge is -2.11. The average molecular weight is 305 g/mol. The topological polar surface area (TPSA) is 77.3 Å². The molecule has 2 aromatic rings. The van der Waals surface area contributed by atoms with E-state index in [0.717, 1.165) is 5.56 Å². The molecule has 0 fully saturated rings. The van der Waals surface area contributed by atoms with Gasteiger partial charge in [0.05, 0.1) is 11.3 Å². The van der Waals surface area contributed by atoms with Crippen LogP contribution in [0.1, 0.15) is 11.1 Å². The monoisotopic (exact) mass is 305 g/mol. The van der Waals surface area contributed by atoms with Gasteiger partial charge in [0.15, 0.2) is 0 Å². The van der Waals surface area contributed by atoms with Crippen molar-refractivity contribution in [2.45, 2.75) is 23.6 Å². The van der Waals surface area contributed by atoms with Gasteiger partial charge in [0.25, 0.3) is 0 Å². The molecule has 0 radical (unpaired) electrons. The summed E-state index contributed by atoms with van der Waals surface area (Å²) in [5.41, 5.74) is 1.52. The minimum Gasteiger partial charge on any atom is -0.263 e. The van der Waals surface area contributed by atoms with E-state index in [4.69, 9.17) is 0 Å². The molecular formula is C15H15NO4S. The molecule has 2 rings (SSSR count). The van der Waals surface area contributed by atoms with Gasteiger partial charge in [-0.05, 0) is 24.6 Å². The Labute approximate surface area is 123 Å². The highest BCUT2D eigenvalue weighted by Crippen LogP contribution is 2.20. The summed E-state index contributed by atoms with van der Waals surface area (Å²) in [6.07, 6.45) is -0.149. The fourth-order valence-electron chi connectivity index (χ4n) is 2.00. The number of nitro groups is 1. The van der Waals surface area contributed by atoms with Gasteiger partial charge in [-0.15, -0.1) is 0 Å². The van der Waals surface area contributed by atoms with E-state index < -0.39 is 20.1 Å².